The lowest BCUT2D eigenvalue weighted by atomic mass is 10.1. The minimum Gasteiger partial charge on any atom is -0.481 e. The molecule has 6 heteroatoms. The van der Waals surface area contributed by atoms with Crippen molar-refractivity contribution in [3.05, 3.63) is 93.7 Å². The molecule has 1 heterocycles. The van der Waals surface area contributed by atoms with E-state index in [0.717, 1.165) is 18.4 Å². The van der Waals surface area contributed by atoms with Gasteiger partial charge in [0.1, 0.15) is 0 Å². The molecule has 1 N–H and O–H groups in total. The minimum absolute atomic E-state index is 0.276. The summed E-state index contributed by atoms with van der Waals surface area (Å²) in [4.78, 5) is 34.7. The highest BCUT2D eigenvalue weighted by molar-refractivity contribution is 7.09. The molecule has 2 aromatic carbocycles. The van der Waals surface area contributed by atoms with Crippen molar-refractivity contribution in [3.63, 3.8) is 0 Å². The van der Waals surface area contributed by atoms with Gasteiger partial charge in [0.05, 0.1) is 11.1 Å². The highest BCUT2D eigenvalue weighted by Crippen LogP contribution is 2.11. The second-order valence-corrected chi connectivity index (χ2v) is 7.27. The molecule has 0 saturated carbocycles. The van der Waals surface area contributed by atoms with Gasteiger partial charge in [-0.25, -0.2) is 9.59 Å². The lowest BCUT2D eigenvalue weighted by Crippen LogP contribution is -2.12. The van der Waals surface area contributed by atoms with E-state index in [1.54, 1.807) is 65.9 Å². The smallest absolute Gasteiger partial charge is 0.346 e. The topological polar surface area (TPSA) is 80.7 Å². The zero-order chi connectivity index (χ0) is 21.1. The zero-order valence-electron chi connectivity index (χ0n) is 16.0. The third-order valence-corrected chi connectivity index (χ3v) is 4.81. The van der Waals surface area contributed by atoms with E-state index in [2.05, 4.69) is 0 Å². The van der Waals surface area contributed by atoms with Gasteiger partial charge in [0.2, 0.25) is 0 Å². The van der Waals surface area contributed by atoms with Crippen LogP contribution in [0.2, 0.25) is 0 Å². The van der Waals surface area contributed by atoms with Gasteiger partial charge in [0, 0.05) is 11.3 Å². The first-order chi connectivity index (χ1) is 14.0. The highest BCUT2D eigenvalue weighted by atomic mass is 32.1. The summed E-state index contributed by atoms with van der Waals surface area (Å²) in [5, 5.41) is 10.4. The number of aryl methyl sites for hydroxylation is 2. The van der Waals surface area contributed by atoms with Gasteiger partial charge in [-0.1, -0.05) is 42.0 Å². The molecule has 1 aromatic heterocycles. The summed E-state index contributed by atoms with van der Waals surface area (Å²) in [6.45, 7) is 1.92. The van der Waals surface area contributed by atoms with E-state index in [0.29, 0.717) is 11.1 Å². The standard InChI is InChI=1S/C15H12O3.C8H10O2S/c1-11-7-9-13(10-8-11)15(17)18-14(16)12-5-3-2-4-6-12;9-8(10)5-1-3-7-4-2-6-11-7/h2-10H,1H3;2,4,6H,1,3,5H2,(H,9,10). The molecule has 0 bridgehead atoms. The summed E-state index contributed by atoms with van der Waals surface area (Å²) in [6.07, 6.45) is 1.91. The van der Waals surface area contributed by atoms with E-state index in [1.165, 1.54) is 4.88 Å². The fourth-order valence-corrected chi connectivity index (χ4v) is 3.09. The van der Waals surface area contributed by atoms with Crippen LogP contribution in [0.5, 0.6) is 0 Å². The Hall–Kier alpha value is -3.25. The number of carbonyl (C=O) groups excluding carboxylic acids is 2. The van der Waals surface area contributed by atoms with E-state index in [4.69, 9.17) is 9.84 Å². The molecular weight excluding hydrogens is 388 g/mol. The Bertz CT molecular complexity index is 916. The van der Waals surface area contributed by atoms with Crippen molar-refractivity contribution < 1.29 is 24.2 Å². The van der Waals surface area contributed by atoms with Crippen molar-refractivity contribution >= 4 is 29.2 Å². The van der Waals surface area contributed by atoms with Crippen molar-refractivity contribution in [3.8, 4) is 0 Å². The number of rotatable bonds is 6. The normalized spacial score (nSPS) is 9.83. The van der Waals surface area contributed by atoms with Crippen LogP contribution in [0.15, 0.2) is 72.1 Å². The Kier molecular flexibility index (Phi) is 8.79. The Morgan fingerprint density at radius 2 is 1.48 bits per heavy atom. The summed E-state index contributed by atoms with van der Waals surface area (Å²) in [6, 6.07) is 19.3. The Morgan fingerprint density at radius 3 is 2.03 bits per heavy atom. The second kappa shape index (κ2) is 11.6. The van der Waals surface area contributed by atoms with Gasteiger partial charge >= 0.3 is 17.9 Å². The number of carboxylic acid groups (broad SMARTS) is 1. The predicted molar refractivity (Wildman–Crippen MR) is 112 cm³/mol. The van der Waals surface area contributed by atoms with E-state index >= 15 is 0 Å². The SMILES string of the molecule is Cc1ccc(C(=O)OC(=O)c2ccccc2)cc1.O=C(O)CCCc1cccs1. The van der Waals surface area contributed by atoms with Gasteiger partial charge in [-0.3, -0.25) is 4.79 Å². The molecule has 0 atom stereocenters. The summed E-state index contributed by atoms with van der Waals surface area (Å²) in [7, 11) is 0. The molecule has 3 aromatic rings. The summed E-state index contributed by atoms with van der Waals surface area (Å²) >= 11 is 1.68. The van der Waals surface area contributed by atoms with Crippen LogP contribution >= 0.6 is 11.3 Å². The Balaban J connectivity index is 0.000000234. The number of hydrogen-bond acceptors (Lipinski definition) is 5. The van der Waals surface area contributed by atoms with Crippen LogP contribution in [0.1, 0.15) is 44.0 Å². The van der Waals surface area contributed by atoms with E-state index in [9.17, 15) is 14.4 Å². The molecule has 0 aliphatic rings. The summed E-state index contributed by atoms with van der Waals surface area (Å²) < 4.78 is 4.78. The number of benzene rings is 2. The van der Waals surface area contributed by atoms with E-state index < -0.39 is 17.9 Å². The summed E-state index contributed by atoms with van der Waals surface area (Å²) in [5.74, 6) is -1.98. The zero-order valence-corrected chi connectivity index (χ0v) is 16.9. The lowest BCUT2D eigenvalue weighted by Gasteiger charge is -2.03. The maximum Gasteiger partial charge on any atom is 0.346 e. The quantitative estimate of drug-likeness (QED) is 0.449. The van der Waals surface area contributed by atoms with Crippen LogP contribution in [0.25, 0.3) is 0 Å². The van der Waals surface area contributed by atoms with Gasteiger partial charge in [-0.2, -0.15) is 0 Å². The number of carbonyl (C=O) groups is 3. The minimum atomic E-state index is -0.707. The maximum atomic E-state index is 11.7. The maximum absolute atomic E-state index is 11.7. The number of aliphatic carboxylic acids is 1. The molecule has 0 aliphatic carbocycles. The number of thiophene rings is 1. The van der Waals surface area contributed by atoms with Crippen molar-refractivity contribution in [2.45, 2.75) is 26.2 Å². The number of esters is 2. The Morgan fingerprint density at radius 1 is 0.862 bits per heavy atom. The van der Waals surface area contributed by atoms with Crippen molar-refractivity contribution in [2.24, 2.45) is 0 Å². The molecule has 0 spiro atoms. The molecule has 0 amide bonds. The molecule has 0 unspecified atom stereocenters. The number of ether oxygens (including phenoxy) is 1. The Labute approximate surface area is 173 Å². The molecule has 0 fully saturated rings. The first-order valence-corrected chi connectivity index (χ1v) is 9.96. The molecule has 0 aliphatic heterocycles. The number of carboxylic acids is 1. The predicted octanol–water partition coefficient (Wildman–Crippen LogP) is 5.15. The molecule has 0 saturated heterocycles. The van der Waals surface area contributed by atoms with Crippen LogP contribution in [-0.2, 0) is 16.0 Å². The monoisotopic (exact) mass is 410 g/mol. The van der Waals surface area contributed by atoms with Gasteiger partial charge in [0.15, 0.2) is 0 Å². The van der Waals surface area contributed by atoms with Gasteiger partial charge in [-0.15, -0.1) is 11.3 Å². The number of hydrogen-bond donors (Lipinski definition) is 1. The van der Waals surface area contributed by atoms with E-state index in [-0.39, 0.29) is 6.42 Å². The molecule has 5 nitrogen and oxygen atoms in total. The molecule has 0 radical (unpaired) electrons. The third-order valence-electron chi connectivity index (χ3n) is 3.88. The molecule has 150 valence electrons. The van der Waals surface area contributed by atoms with Crippen LogP contribution in [0.4, 0.5) is 0 Å². The average Bonchev–Trinajstić information content (AvgIpc) is 3.23. The van der Waals surface area contributed by atoms with Crippen molar-refractivity contribution in [1.29, 1.82) is 0 Å². The molecule has 29 heavy (non-hydrogen) atoms. The molecule has 3 rings (SSSR count). The van der Waals surface area contributed by atoms with Gasteiger partial charge in [0.25, 0.3) is 0 Å². The first-order valence-electron chi connectivity index (χ1n) is 9.08. The largest absolute Gasteiger partial charge is 0.481 e. The van der Waals surface area contributed by atoms with Crippen LogP contribution < -0.4 is 0 Å². The summed E-state index contributed by atoms with van der Waals surface area (Å²) in [5.41, 5.74) is 1.77. The second-order valence-electron chi connectivity index (χ2n) is 6.24. The first kappa shape index (κ1) is 22.0. The van der Waals surface area contributed by atoms with Gasteiger partial charge < -0.3 is 9.84 Å². The van der Waals surface area contributed by atoms with Gasteiger partial charge in [-0.05, 0) is 55.5 Å². The van der Waals surface area contributed by atoms with Crippen molar-refractivity contribution in [1.82, 2.24) is 0 Å². The van der Waals surface area contributed by atoms with Crippen LogP contribution in [0.3, 0.4) is 0 Å². The van der Waals surface area contributed by atoms with E-state index in [1.807, 2.05) is 24.4 Å². The third kappa shape index (κ3) is 8.11. The van der Waals surface area contributed by atoms with Crippen LogP contribution in [-0.4, -0.2) is 23.0 Å². The van der Waals surface area contributed by atoms with Crippen molar-refractivity contribution in [2.75, 3.05) is 0 Å². The van der Waals surface area contributed by atoms with Crippen LogP contribution in [0, 0.1) is 6.92 Å². The highest BCUT2D eigenvalue weighted by Gasteiger charge is 2.14. The fraction of sp³-hybridized carbons (Fsp3) is 0.174. The average molecular weight is 410 g/mol. The fourth-order valence-electron chi connectivity index (χ4n) is 2.33. The molecular formula is C23H22O5S. The lowest BCUT2D eigenvalue weighted by molar-refractivity contribution is -0.137.